The van der Waals surface area contributed by atoms with Gasteiger partial charge < -0.3 is 14.0 Å². The van der Waals surface area contributed by atoms with Crippen molar-refractivity contribution in [2.24, 2.45) is 29.1 Å². The Labute approximate surface area is 175 Å². The van der Waals surface area contributed by atoms with Gasteiger partial charge in [-0.25, -0.2) is 17.6 Å². The molecule has 1 spiro atoms. The first-order chi connectivity index (χ1) is 14.2. The van der Waals surface area contributed by atoms with Crippen LogP contribution in [0.5, 0.6) is 5.75 Å². The van der Waals surface area contributed by atoms with Gasteiger partial charge in [-0.15, -0.1) is 0 Å². The number of halogens is 1. The molecular weight excluding hydrogens is 411 g/mol. The van der Waals surface area contributed by atoms with Gasteiger partial charge in [-0.05, 0) is 67.2 Å². The van der Waals surface area contributed by atoms with Gasteiger partial charge in [-0.1, -0.05) is 13.0 Å². The van der Waals surface area contributed by atoms with E-state index in [1.54, 1.807) is 0 Å². The minimum absolute atomic E-state index is 0.0242. The lowest BCUT2D eigenvalue weighted by Gasteiger charge is -2.62. The van der Waals surface area contributed by atoms with Crippen LogP contribution in [-0.4, -0.2) is 36.9 Å². The van der Waals surface area contributed by atoms with Gasteiger partial charge in [-0.2, -0.15) is 0 Å². The van der Waals surface area contributed by atoms with Gasteiger partial charge in [0.2, 0.25) is 0 Å². The zero-order chi connectivity index (χ0) is 21.3. The van der Waals surface area contributed by atoms with Gasteiger partial charge in [-0.3, -0.25) is 0 Å². The van der Waals surface area contributed by atoms with Crippen molar-refractivity contribution in [3.63, 3.8) is 0 Å². The number of hydrogen-bond donors (Lipinski definition) is 0. The monoisotopic (exact) mass is 435 g/mol. The summed E-state index contributed by atoms with van der Waals surface area (Å²) in [6.07, 6.45) is 7.74. The molecule has 30 heavy (non-hydrogen) atoms. The zero-order valence-electron chi connectivity index (χ0n) is 16.5. The Morgan fingerprint density at radius 3 is 2.83 bits per heavy atom. The summed E-state index contributed by atoms with van der Waals surface area (Å²) >= 11 is 0. The molecule has 0 radical (unpaired) electrons. The van der Waals surface area contributed by atoms with Crippen LogP contribution in [0, 0.1) is 34.9 Å². The number of hydrogen-bond acceptors (Lipinski definition) is 6. The van der Waals surface area contributed by atoms with Crippen molar-refractivity contribution in [2.45, 2.75) is 37.7 Å². The second-order valence-corrected chi connectivity index (χ2v) is 10.7. The number of benzene rings is 1. The predicted molar refractivity (Wildman–Crippen MR) is 104 cm³/mol. The maximum Gasteiger partial charge on any atom is 0.338 e. The van der Waals surface area contributed by atoms with Crippen LogP contribution in [0.4, 0.5) is 4.39 Å². The Morgan fingerprint density at radius 2 is 2.10 bits per heavy atom. The summed E-state index contributed by atoms with van der Waals surface area (Å²) in [6.45, 7) is 3.49. The molecule has 4 aliphatic carbocycles. The van der Waals surface area contributed by atoms with E-state index in [0.29, 0.717) is 29.1 Å². The van der Waals surface area contributed by atoms with Crippen molar-refractivity contribution in [2.75, 3.05) is 12.4 Å². The summed E-state index contributed by atoms with van der Waals surface area (Å²) in [5.41, 5.74) is -0.112. The molecule has 6 atom stereocenters. The van der Waals surface area contributed by atoms with Crippen molar-refractivity contribution in [3.8, 4) is 5.75 Å². The fourth-order valence-corrected chi connectivity index (χ4v) is 7.47. The fourth-order valence-electron chi connectivity index (χ4n) is 7.18. The van der Waals surface area contributed by atoms with Gasteiger partial charge >= 0.3 is 5.97 Å². The maximum atomic E-state index is 14.6. The van der Waals surface area contributed by atoms with E-state index < -0.39 is 39.9 Å². The molecule has 162 valence electrons. The van der Waals surface area contributed by atoms with Crippen molar-refractivity contribution in [3.05, 3.63) is 42.2 Å². The normalized spacial score (nSPS) is 38.1. The number of esters is 1. The Balaban J connectivity index is 1.37. The molecule has 5 rings (SSSR count). The average Bonchev–Trinajstić information content (AvgIpc) is 3.29. The van der Waals surface area contributed by atoms with Gasteiger partial charge in [0, 0.05) is 11.8 Å². The maximum absolute atomic E-state index is 14.6. The number of carbonyl (C=O) groups is 1. The quantitative estimate of drug-likeness (QED) is 0.371. The van der Waals surface area contributed by atoms with Gasteiger partial charge in [0.1, 0.15) is 12.2 Å². The van der Waals surface area contributed by atoms with Gasteiger partial charge in [0.25, 0.3) is 0 Å². The molecule has 4 aliphatic rings. The van der Waals surface area contributed by atoms with Crippen LogP contribution in [0.1, 0.15) is 42.5 Å². The fraction of sp³-hybridized carbons (Fsp3) is 0.591. The van der Waals surface area contributed by atoms with E-state index in [1.165, 1.54) is 31.4 Å². The second-order valence-electron chi connectivity index (χ2n) is 9.19. The summed E-state index contributed by atoms with van der Waals surface area (Å²) in [5.74, 6) is -0.392. The van der Waals surface area contributed by atoms with E-state index in [1.807, 2.05) is 6.08 Å². The van der Waals surface area contributed by atoms with Crippen LogP contribution in [-0.2, 0) is 14.9 Å². The summed E-state index contributed by atoms with van der Waals surface area (Å²) in [5, 5.41) is 0. The highest BCUT2D eigenvalue weighted by atomic mass is 32.2. The molecule has 0 heterocycles. The first-order valence-electron chi connectivity index (χ1n) is 10.4. The van der Waals surface area contributed by atoms with Crippen molar-refractivity contribution < 1.29 is 31.6 Å². The molecule has 6 nitrogen and oxygen atoms in total. The molecule has 0 aliphatic heterocycles. The number of rotatable bonds is 7. The topological polar surface area (TPSA) is 92.7 Å². The van der Waals surface area contributed by atoms with Crippen LogP contribution in [0.3, 0.4) is 0 Å². The highest BCUT2D eigenvalue weighted by Crippen LogP contribution is 2.81. The van der Waals surface area contributed by atoms with E-state index >= 15 is 0 Å². The number of fused-ring (bicyclic) bond motifs is 2. The smallest absolute Gasteiger partial charge is 0.338 e. The highest BCUT2D eigenvalue weighted by molar-refractivity contribution is 7.85. The lowest BCUT2D eigenvalue weighted by molar-refractivity contribution is -0.162. The third-order valence-corrected chi connectivity index (χ3v) is 8.88. The largest absolute Gasteiger partial charge is 0.748 e. The van der Waals surface area contributed by atoms with Crippen LogP contribution >= 0.6 is 0 Å². The van der Waals surface area contributed by atoms with E-state index in [0.717, 1.165) is 18.9 Å². The first-order valence-corrected chi connectivity index (χ1v) is 12.0. The minimum Gasteiger partial charge on any atom is -0.748 e. The van der Waals surface area contributed by atoms with Crippen molar-refractivity contribution >= 4 is 16.1 Å². The molecule has 8 heteroatoms. The highest BCUT2D eigenvalue weighted by Gasteiger charge is 2.79. The first kappa shape index (κ1) is 20.0. The molecule has 6 unspecified atom stereocenters. The molecular formula is C22H24FO6S-. The number of carbonyl (C=O) groups excluding carboxylic acids is 1. The summed E-state index contributed by atoms with van der Waals surface area (Å²) in [6, 6.07) is 3.69. The minimum atomic E-state index is -4.48. The Kier molecular flexibility index (Phi) is 4.35. The molecule has 1 aromatic rings. The van der Waals surface area contributed by atoms with E-state index in [4.69, 9.17) is 9.47 Å². The molecule has 1 aromatic carbocycles. The molecule has 4 fully saturated rings. The molecule has 0 aromatic heterocycles. The van der Waals surface area contributed by atoms with Crippen LogP contribution in [0.2, 0.25) is 0 Å². The standard InChI is InChI=1S/C22H25FO6S/c1-2-22(16-11-15-17(22)12-21(15)7-3-4-14(16)21)29-19-10-13(5-6-18(19)23)20(24)28-8-9-30(25,26)27/h2,5-6,10,14-17H,1,3-4,7-9,11-12H2,(H,25,26,27)/p-1. The zero-order valence-corrected chi connectivity index (χ0v) is 17.3. The van der Waals surface area contributed by atoms with Crippen LogP contribution in [0.15, 0.2) is 30.9 Å². The molecule has 0 N–H and O–H groups in total. The molecule has 4 saturated carbocycles. The molecule has 0 saturated heterocycles. The van der Waals surface area contributed by atoms with E-state index in [9.17, 15) is 22.2 Å². The Hall–Kier alpha value is -1.93. The Bertz CT molecular complexity index is 1020. The van der Waals surface area contributed by atoms with Crippen molar-refractivity contribution in [1.82, 2.24) is 0 Å². The van der Waals surface area contributed by atoms with E-state index in [2.05, 4.69) is 6.58 Å². The average molecular weight is 435 g/mol. The van der Waals surface area contributed by atoms with Crippen LogP contribution < -0.4 is 4.74 Å². The summed E-state index contributed by atoms with van der Waals surface area (Å²) < 4.78 is 57.8. The third-order valence-electron chi connectivity index (χ3n) is 8.21. The van der Waals surface area contributed by atoms with Crippen LogP contribution in [0.25, 0.3) is 0 Å². The third kappa shape index (κ3) is 2.69. The van der Waals surface area contributed by atoms with Crippen molar-refractivity contribution in [1.29, 1.82) is 0 Å². The predicted octanol–water partition coefficient (Wildman–Crippen LogP) is 3.29. The molecule has 0 amide bonds. The summed E-state index contributed by atoms with van der Waals surface area (Å²) in [4.78, 5) is 12.2. The van der Waals surface area contributed by atoms with Gasteiger partial charge in [0.15, 0.2) is 11.6 Å². The van der Waals surface area contributed by atoms with Gasteiger partial charge in [0.05, 0.1) is 21.4 Å². The number of ether oxygens (including phenoxy) is 2. The SMILES string of the molecule is C=CC1(Oc2cc(C(=O)OCCS(=O)(=O)[O-])ccc2F)C2CC3C1CC31CCCC21. The lowest BCUT2D eigenvalue weighted by atomic mass is 9.45. The summed E-state index contributed by atoms with van der Waals surface area (Å²) in [7, 11) is -4.48. The molecule has 2 bridgehead atoms. The lowest BCUT2D eigenvalue weighted by Crippen LogP contribution is -2.63. The van der Waals surface area contributed by atoms with E-state index in [-0.39, 0.29) is 11.3 Å². The Morgan fingerprint density at radius 1 is 1.30 bits per heavy atom. The second kappa shape index (κ2) is 6.53.